The van der Waals surface area contributed by atoms with Crippen molar-refractivity contribution in [3.63, 3.8) is 0 Å². The third-order valence-electron chi connectivity index (χ3n) is 10.4. The number of para-hydroxylation sites is 2. The predicted molar refractivity (Wildman–Crippen MR) is 214 cm³/mol. The zero-order chi connectivity index (χ0) is 34.2. The molecule has 11 rings (SSSR count). The van der Waals surface area contributed by atoms with Crippen LogP contribution < -0.4 is 10.6 Å². The van der Waals surface area contributed by atoms with Crippen LogP contribution in [-0.4, -0.2) is 19.1 Å². The maximum Gasteiger partial charge on any atom is 0.235 e. The highest BCUT2D eigenvalue weighted by molar-refractivity contribution is 6.10. The van der Waals surface area contributed by atoms with Gasteiger partial charge < -0.3 is 4.57 Å². The maximum atomic E-state index is 5.25. The SMILES string of the molecule is C1=C=c2c(c3cc(-c4ccc5c(c4)c4ccccc4n5-c4nc(-c5ccccc5)c5ccccc5n4)ccc3n2-c2ccc3ccccc3c2)=CC=1. The lowest BCUT2D eigenvalue weighted by Gasteiger charge is -2.12. The molecule has 0 amide bonds. The lowest BCUT2D eigenvalue weighted by Crippen LogP contribution is -2.27. The average Bonchev–Trinajstić information content (AvgIpc) is 3.73. The van der Waals surface area contributed by atoms with E-state index in [2.05, 4.69) is 172 Å². The van der Waals surface area contributed by atoms with E-state index in [0.29, 0.717) is 5.95 Å². The van der Waals surface area contributed by atoms with Gasteiger partial charge in [0.25, 0.3) is 0 Å². The van der Waals surface area contributed by atoms with Crippen molar-refractivity contribution in [3.05, 3.63) is 180 Å². The van der Waals surface area contributed by atoms with Crippen molar-refractivity contribution in [1.29, 1.82) is 0 Å². The van der Waals surface area contributed by atoms with Gasteiger partial charge in [0, 0.05) is 38.0 Å². The molecule has 0 spiro atoms. The van der Waals surface area contributed by atoms with Crippen LogP contribution >= 0.6 is 0 Å². The predicted octanol–water partition coefficient (Wildman–Crippen LogP) is 10.0. The summed E-state index contributed by atoms with van der Waals surface area (Å²) >= 11 is 0. The second-order valence-corrected chi connectivity index (χ2v) is 13.3. The first-order chi connectivity index (χ1) is 25.8. The summed E-state index contributed by atoms with van der Waals surface area (Å²) < 4.78 is 4.52. The fraction of sp³-hybridized carbons (Fsp3) is 0. The summed E-state index contributed by atoms with van der Waals surface area (Å²) in [6.45, 7) is 0. The second kappa shape index (κ2) is 11.1. The summed E-state index contributed by atoms with van der Waals surface area (Å²) in [5.41, 5.74) is 16.3. The molecule has 0 atom stereocenters. The Balaban J connectivity index is 1.10. The van der Waals surface area contributed by atoms with Crippen LogP contribution in [0, 0.1) is 0 Å². The van der Waals surface area contributed by atoms with Crippen LogP contribution in [0.5, 0.6) is 0 Å². The third kappa shape index (κ3) is 4.30. The summed E-state index contributed by atoms with van der Waals surface area (Å²) in [6.07, 6.45) is 4.11. The van der Waals surface area contributed by atoms with Crippen molar-refractivity contribution in [3.8, 4) is 34.0 Å². The molecular weight excluding hydrogens is 633 g/mol. The number of rotatable bonds is 4. The van der Waals surface area contributed by atoms with E-state index in [9.17, 15) is 0 Å². The van der Waals surface area contributed by atoms with Gasteiger partial charge in [-0.3, -0.25) is 4.57 Å². The number of nitrogens with zero attached hydrogens (tertiary/aromatic N) is 4. The van der Waals surface area contributed by atoms with E-state index >= 15 is 0 Å². The molecule has 0 bridgehead atoms. The van der Waals surface area contributed by atoms with Crippen LogP contribution in [0.2, 0.25) is 0 Å². The van der Waals surface area contributed by atoms with E-state index in [-0.39, 0.29) is 0 Å². The van der Waals surface area contributed by atoms with Gasteiger partial charge in [-0.1, -0.05) is 115 Å². The van der Waals surface area contributed by atoms with Crippen LogP contribution in [0.4, 0.5) is 0 Å². The van der Waals surface area contributed by atoms with Gasteiger partial charge in [0.05, 0.1) is 27.8 Å². The average molecular weight is 661 g/mol. The van der Waals surface area contributed by atoms with E-state index in [1.54, 1.807) is 0 Å². The third-order valence-corrected chi connectivity index (χ3v) is 10.4. The molecular formula is C48H28N4. The smallest absolute Gasteiger partial charge is 0.235 e. The number of fused-ring (bicyclic) bond motifs is 8. The normalized spacial score (nSPS) is 12.2. The molecule has 3 aromatic heterocycles. The fourth-order valence-electron chi connectivity index (χ4n) is 7.95. The molecule has 52 heavy (non-hydrogen) atoms. The van der Waals surface area contributed by atoms with Crippen molar-refractivity contribution in [1.82, 2.24) is 19.1 Å². The van der Waals surface area contributed by atoms with Gasteiger partial charge in [-0.15, -0.1) is 0 Å². The van der Waals surface area contributed by atoms with Gasteiger partial charge >= 0.3 is 0 Å². The van der Waals surface area contributed by atoms with Gasteiger partial charge in [-0.2, -0.15) is 0 Å². The fourth-order valence-corrected chi connectivity index (χ4v) is 7.95. The Labute approximate surface area is 298 Å². The maximum absolute atomic E-state index is 5.25. The summed E-state index contributed by atoms with van der Waals surface area (Å²) in [4.78, 5) is 10.4. The largest absolute Gasteiger partial charge is 0.302 e. The summed E-state index contributed by atoms with van der Waals surface area (Å²) in [5, 5.41) is 9.16. The van der Waals surface area contributed by atoms with Crippen LogP contribution in [0.3, 0.4) is 0 Å². The highest BCUT2D eigenvalue weighted by atomic mass is 15.2. The molecule has 0 saturated heterocycles. The quantitative estimate of drug-likeness (QED) is 0.176. The van der Waals surface area contributed by atoms with Crippen molar-refractivity contribution < 1.29 is 0 Å². The number of hydrogen-bond donors (Lipinski definition) is 0. The Morgan fingerprint density at radius 3 is 2.02 bits per heavy atom. The highest BCUT2D eigenvalue weighted by Gasteiger charge is 2.18. The number of hydrogen-bond acceptors (Lipinski definition) is 2. The molecule has 0 aliphatic heterocycles. The molecule has 7 aromatic carbocycles. The van der Waals surface area contributed by atoms with E-state index in [1.165, 1.54) is 16.2 Å². The van der Waals surface area contributed by atoms with E-state index in [0.717, 1.165) is 76.9 Å². The molecule has 1 aliphatic rings. The molecule has 240 valence electrons. The van der Waals surface area contributed by atoms with Crippen molar-refractivity contribution in [2.24, 2.45) is 0 Å². The molecule has 0 fully saturated rings. The van der Waals surface area contributed by atoms with Gasteiger partial charge in [0.2, 0.25) is 5.95 Å². The van der Waals surface area contributed by atoms with E-state index in [1.807, 2.05) is 18.2 Å². The van der Waals surface area contributed by atoms with Gasteiger partial charge in [-0.25, -0.2) is 9.97 Å². The van der Waals surface area contributed by atoms with Crippen molar-refractivity contribution >= 4 is 66.2 Å². The molecule has 4 nitrogen and oxygen atoms in total. The summed E-state index contributed by atoms with van der Waals surface area (Å²) in [6, 6.07) is 55.9. The van der Waals surface area contributed by atoms with E-state index < -0.39 is 0 Å². The van der Waals surface area contributed by atoms with E-state index in [4.69, 9.17) is 9.97 Å². The monoisotopic (exact) mass is 660 g/mol. The lowest BCUT2D eigenvalue weighted by atomic mass is 10.0. The molecule has 0 N–H and O–H groups in total. The first-order valence-electron chi connectivity index (χ1n) is 17.5. The molecule has 0 unspecified atom stereocenters. The first-order valence-corrected chi connectivity index (χ1v) is 17.5. The highest BCUT2D eigenvalue weighted by Crippen LogP contribution is 2.36. The Morgan fingerprint density at radius 2 is 1.15 bits per heavy atom. The van der Waals surface area contributed by atoms with Crippen LogP contribution in [0.25, 0.3) is 100 Å². The van der Waals surface area contributed by atoms with Crippen LogP contribution in [-0.2, 0) is 0 Å². The van der Waals surface area contributed by atoms with Gasteiger partial charge in [0.1, 0.15) is 5.35 Å². The minimum atomic E-state index is 0.660. The minimum absolute atomic E-state index is 0.660. The Kier molecular flexibility index (Phi) is 6.13. The van der Waals surface area contributed by atoms with Gasteiger partial charge in [0.15, 0.2) is 0 Å². The van der Waals surface area contributed by atoms with Gasteiger partial charge in [-0.05, 0) is 88.3 Å². The van der Waals surface area contributed by atoms with Crippen LogP contribution in [0.1, 0.15) is 0 Å². The number of allylic oxidation sites excluding steroid dienone is 1. The topological polar surface area (TPSA) is 35.6 Å². The second-order valence-electron chi connectivity index (χ2n) is 13.3. The Morgan fingerprint density at radius 1 is 0.462 bits per heavy atom. The minimum Gasteiger partial charge on any atom is -0.302 e. The Hall–Kier alpha value is -7.22. The standard InChI is InChI=1S/C48H28N4/c1-2-13-32(14-3-1)47-39-18-6-9-19-42(39)49-48(50-47)52-44-21-11-8-17-38(44)41-30-35(24-27-46(41)52)34-23-26-45-40(29-34)37-16-7-10-20-43(37)51(45)36-25-22-31-12-4-5-15-33(31)28-36/h1-9,11-19,21-30H. The number of aromatic nitrogens is 4. The molecule has 0 radical (unpaired) electrons. The van der Waals surface area contributed by atoms with Crippen molar-refractivity contribution in [2.45, 2.75) is 0 Å². The Bertz CT molecular complexity index is 3320. The molecule has 0 saturated carbocycles. The lowest BCUT2D eigenvalue weighted by molar-refractivity contribution is 1.01. The summed E-state index contributed by atoms with van der Waals surface area (Å²) in [5.74, 6) is 0.660. The summed E-state index contributed by atoms with van der Waals surface area (Å²) in [7, 11) is 0. The molecule has 1 aliphatic carbocycles. The van der Waals surface area contributed by atoms with Crippen molar-refractivity contribution in [2.75, 3.05) is 0 Å². The first kappa shape index (κ1) is 28.6. The molecule has 10 aromatic rings. The zero-order valence-electron chi connectivity index (χ0n) is 28.0. The zero-order valence-corrected chi connectivity index (χ0v) is 28.0. The molecule has 4 heteroatoms. The number of benzene rings is 7. The molecule has 3 heterocycles. The van der Waals surface area contributed by atoms with Crippen LogP contribution in [0.15, 0.2) is 170 Å².